The number of ketones is 1. The van der Waals surface area contributed by atoms with E-state index in [1.54, 1.807) is 0 Å². The predicted molar refractivity (Wildman–Crippen MR) is 49.7 cm³/mol. The summed E-state index contributed by atoms with van der Waals surface area (Å²) in [6.45, 7) is 2.84. The molecule has 0 aliphatic carbocycles. The van der Waals surface area contributed by atoms with E-state index in [4.69, 9.17) is 9.47 Å². The summed E-state index contributed by atoms with van der Waals surface area (Å²) >= 11 is 0. The summed E-state index contributed by atoms with van der Waals surface area (Å²) in [7, 11) is 0. The van der Waals surface area contributed by atoms with Crippen molar-refractivity contribution in [3.05, 3.63) is 29.3 Å². The van der Waals surface area contributed by atoms with Crippen molar-refractivity contribution < 1.29 is 14.3 Å². The average Bonchev–Trinajstić information content (AvgIpc) is 2.93. The minimum Gasteiger partial charge on any atom is -0.489 e. The van der Waals surface area contributed by atoms with Gasteiger partial charge in [0.2, 0.25) is 5.78 Å². The number of ether oxygens (including phenoxy) is 2. The second kappa shape index (κ2) is 2.36. The fourth-order valence-corrected chi connectivity index (χ4v) is 1.74. The third-order valence-corrected chi connectivity index (χ3v) is 2.75. The summed E-state index contributed by atoms with van der Waals surface area (Å²) in [5.41, 5.74) is 1.12. The van der Waals surface area contributed by atoms with E-state index in [-0.39, 0.29) is 5.78 Å². The van der Waals surface area contributed by atoms with Crippen molar-refractivity contribution in [3.63, 3.8) is 0 Å². The third-order valence-electron chi connectivity index (χ3n) is 2.75. The van der Waals surface area contributed by atoms with Crippen molar-refractivity contribution in [2.24, 2.45) is 0 Å². The number of Topliss-reactive ketones (excluding diaryl/α,β-unsaturated/α-hetero) is 1. The van der Waals surface area contributed by atoms with Gasteiger partial charge in [0.25, 0.3) is 0 Å². The number of epoxide rings is 1. The highest BCUT2D eigenvalue weighted by Gasteiger charge is 2.56. The molecule has 14 heavy (non-hydrogen) atoms. The van der Waals surface area contributed by atoms with Gasteiger partial charge >= 0.3 is 0 Å². The summed E-state index contributed by atoms with van der Waals surface area (Å²) in [5.74, 6) is 0.759. The predicted octanol–water partition coefficient (Wildman–Crippen LogP) is 1.34. The number of hydrogen-bond donors (Lipinski definition) is 0. The van der Waals surface area contributed by atoms with Gasteiger partial charge in [-0.2, -0.15) is 0 Å². The monoisotopic (exact) mass is 190 g/mol. The molecule has 0 aromatic heterocycles. The van der Waals surface area contributed by atoms with E-state index in [1.807, 2.05) is 25.1 Å². The molecular formula is C11H10O3. The molecule has 0 N–H and O–H groups in total. The molecule has 2 heterocycles. The molecule has 3 heteroatoms. The molecule has 0 amide bonds. The van der Waals surface area contributed by atoms with Crippen LogP contribution in [-0.4, -0.2) is 24.6 Å². The van der Waals surface area contributed by atoms with E-state index in [2.05, 4.69) is 0 Å². The first kappa shape index (κ1) is 8.00. The van der Waals surface area contributed by atoms with Gasteiger partial charge in [0, 0.05) is 0 Å². The molecule has 1 atom stereocenters. The number of carbonyl (C=O) groups is 1. The normalized spacial score (nSPS) is 28.5. The van der Waals surface area contributed by atoms with Crippen LogP contribution in [-0.2, 0) is 4.74 Å². The van der Waals surface area contributed by atoms with Crippen LogP contribution in [0.4, 0.5) is 0 Å². The first-order chi connectivity index (χ1) is 6.71. The first-order valence-corrected chi connectivity index (χ1v) is 4.63. The Kier molecular flexibility index (Phi) is 1.35. The SMILES string of the molecule is Cc1ccc2c(c1)OCC1(CO1)C2=O. The van der Waals surface area contributed by atoms with Gasteiger partial charge in [0.1, 0.15) is 12.4 Å². The van der Waals surface area contributed by atoms with Crippen LogP contribution in [0.1, 0.15) is 15.9 Å². The summed E-state index contributed by atoms with van der Waals surface area (Å²) in [4.78, 5) is 11.9. The second-order valence-electron chi connectivity index (χ2n) is 3.90. The molecule has 0 radical (unpaired) electrons. The maximum atomic E-state index is 11.9. The summed E-state index contributed by atoms with van der Waals surface area (Å²) in [6, 6.07) is 5.62. The number of rotatable bonds is 0. The van der Waals surface area contributed by atoms with Crippen molar-refractivity contribution in [1.29, 1.82) is 0 Å². The zero-order valence-corrected chi connectivity index (χ0v) is 7.87. The molecule has 1 saturated heterocycles. The van der Waals surface area contributed by atoms with Crippen LogP contribution < -0.4 is 4.74 Å². The summed E-state index contributed by atoms with van der Waals surface area (Å²) < 4.78 is 10.7. The van der Waals surface area contributed by atoms with Crippen LogP contribution in [0.25, 0.3) is 0 Å². The van der Waals surface area contributed by atoms with Gasteiger partial charge in [0.05, 0.1) is 12.2 Å². The van der Waals surface area contributed by atoms with Gasteiger partial charge in [-0.3, -0.25) is 4.79 Å². The van der Waals surface area contributed by atoms with Crippen LogP contribution in [0.5, 0.6) is 5.75 Å². The highest BCUT2D eigenvalue weighted by Crippen LogP contribution is 2.39. The van der Waals surface area contributed by atoms with Crippen molar-refractivity contribution in [3.8, 4) is 5.75 Å². The lowest BCUT2D eigenvalue weighted by Gasteiger charge is -2.21. The molecule has 1 aromatic carbocycles. The molecular weight excluding hydrogens is 180 g/mol. The molecule has 0 saturated carbocycles. The van der Waals surface area contributed by atoms with Crippen LogP contribution in [0.15, 0.2) is 18.2 Å². The van der Waals surface area contributed by atoms with Crippen LogP contribution in [0.3, 0.4) is 0 Å². The highest BCUT2D eigenvalue weighted by atomic mass is 16.6. The van der Waals surface area contributed by atoms with Gasteiger partial charge in [0.15, 0.2) is 5.60 Å². The number of carbonyl (C=O) groups excluding carboxylic acids is 1. The van der Waals surface area contributed by atoms with Gasteiger partial charge in [-0.1, -0.05) is 6.07 Å². The molecule has 1 unspecified atom stereocenters. The zero-order chi connectivity index (χ0) is 9.76. The van der Waals surface area contributed by atoms with Gasteiger partial charge in [-0.05, 0) is 24.6 Å². The Morgan fingerprint density at radius 1 is 1.36 bits per heavy atom. The molecule has 2 aliphatic heterocycles. The average molecular weight is 190 g/mol. The summed E-state index contributed by atoms with van der Waals surface area (Å²) in [5, 5.41) is 0. The Morgan fingerprint density at radius 3 is 2.86 bits per heavy atom. The van der Waals surface area contributed by atoms with Crippen molar-refractivity contribution >= 4 is 5.78 Å². The second-order valence-corrected chi connectivity index (χ2v) is 3.90. The molecule has 2 aliphatic rings. The van der Waals surface area contributed by atoms with E-state index in [0.29, 0.717) is 24.5 Å². The molecule has 3 nitrogen and oxygen atoms in total. The van der Waals surface area contributed by atoms with E-state index >= 15 is 0 Å². The maximum absolute atomic E-state index is 11.9. The molecule has 0 bridgehead atoms. The van der Waals surface area contributed by atoms with Crippen molar-refractivity contribution in [1.82, 2.24) is 0 Å². The fraction of sp³-hybridized carbons (Fsp3) is 0.364. The molecule has 72 valence electrons. The Hall–Kier alpha value is -1.35. The largest absolute Gasteiger partial charge is 0.489 e. The van der Waals surface area contributed by atoms with E-state index in [1.165, 1.54) is 0 Å². The minimum atomic E-state index is -0.637. The molecule has 1 spiro atoms. The first-order valence-electron chi connectivity index (χ1n) is 4.63. The summed E-state index contributed by atoms with van der Waals surface area (Å²) in [6.07, 6.45) is 0. The maximum Gasteiger partial charge on any atom is 0.204 e. The van der Waals surface area contributed by atoms with E-state index < -0.39 is 5.60 Å². The zero-order valence-electron chi connectivity index (χ0n) is 7.87. The van der Waals surface area contributed by atoms with Crippen molar-refractivity contribution in [2.75, 3.05) is 13.2 Å². The molecule has 1 fully saturated rings. The number of fused-ring (bicyclic) bond motifs is 1. The standard InChI is InChI=1S/C11H10O3/c1-7-2-3-8-9(4-7)13-5-11(6-14-11)10(8)12/h2-4H,5-6H2,1H3. The lowest BCUT2D eigenvalue weighted by Crippen LogP contribution is -2.36. The lowest BCUT2D eigenvalue weighted by atomic mass is 9.95. The highest BCUT2D eigenvalue weighted by molar-refractivity contribution is 6.07. The quantitative estimate of drug-likeness (QED) is 0.579. The van der Waals surface area contributed by atoms with Gasteiger partial charge in [-0.15, -0.1) is 0 Å². The van der Waals surface area contributed by atoms with Crippen LogP contribution in [0.2, 0.25) is 0 Å². The van der Waals surface area contributed by atoms with Crippen molar-refractivity contribution in [2.45, 2.75) is 12.5 Å². The van der Waals surface area contributed by atoms with E-state index in [0.717, 1.165) is 5.56 Å². The fourth-order valence-electron chi connectivity index (χ4n) is 1.74. The van der Waals surface area contributed by atoms with Crippen LogP contribution in [0, 0.1) is 6.92 Å². The number of hydrogen-bond acceptors (Lipinski definition) is 3. The minimum absolute atomic E-state index is 0.0683. The Morgan fingerprint density at radius 2 is 2.14 bits per heavy atom. The topological polar surface area (TPSA) is 38.8 Å². The smallest absolute Gasteiger partial charge is 0.204 e. The third kappa shape index (κ3) is 0.930. The number of aryl methyl sites for hydroxylation is 1. The molecule has 1 aromatic rings. The van der Waals surface area contributed by atoms with Gasteiger partial charge < -0.3 is 9.47 Å². The Balaban J connectivity index is 2.12. The van der Waals surface area contributed by atoms with E-state index in [9.17, 15) is 4.79 Å². The van der Waals surface area contributed by atoms with Gasteiger partial charge in [-0.25, -0.2) is 0 Å². The Bertz CT molecular complexity index is 419. The number of benzene rings is 1. The molecule has 3 rings (SSSR count). The van der Waals surface area contributed by atoms with Crippen LogP contribution >= 0.6 is 0 Å². The Labute approximate surface area is 81.6 Å². The lowest BCUT2D eigenvalue weighted by molar-refractivity contribution is 0.0755.